The van der Waals surface area contributed by atoms with E-state index >= 15 is 0 Å². The predicted molar refractivity (Wildman–Crippen MR) is 106 cm³/mol. The second kappa shape index (κ2) is 7.68. The smallest absolute Gasteiger partial charge is 0.292 e. The highest BCUT2D eigenvalue weighted by Crippen LogP contribution is 2.22. The second-order valence-electron chi connectivity index (χ2n) is 7.15. The maximum Gasteiger partial charge on any atom is 0.292 e. The minimum absolute atomic E-state index is 0.0113. The van der Waals surface area contributed by atoms with Gasteiger partial charge in [0.15, 0.2) is 0 Å². The molecular weight excluding hydrogens is 375 g/mol. The molecule has 0 fully saturated rings. The van der Waals surface area contributed by atoms with Crippen LogP contribution in [0.15, 0.2) is 29.2 Å². The number of carbonyl (C=O) groups excluding carboxylic acids is 1. The van der Waals surface area contributed by atoms with Crippen LogP contribution in [0.2, 0.25) is 10.0 Å². The van der Waals surface area contributed by atoms with Crippen molar-refractivity contribution in [3.8, 4) is 5.69 Å². The fourth-order valence-electron chi connectivity index (χ4n) is 2.35. The van der Waals surface area contributed by atoms with E-state index in [1.807, 2.05) is 27.7 Å². The predicted octanol–water partition coefficient (Wildman–Crippen LogP) is 3.20. The Hall–Kier alpha value is -2.05. The van der Waals surface area contributed by atoms with Gasteiger partial charge in [-0.15, -0.1) is 0 Å². The third-order valence-electron chi connectivity index (χ3n) is 3.61. The standard InChI is InChI=1S/C18H22Cl2N4O2/c1-11-6-7-12(8-13(11)19)24-17(26)16(20)14(9-21-24)23(5)10-15(25)22-18(2,3)4/h6-9H,10H2,1-5H3,(H,22,25). The molecule has 1 N–H and O–H groups in total. The number of carbonyl (C=O) groups is 1. The first-order valence-electron chi connectivity index (χ1n) is 8.06. The zero-order valence-electron chi connectivity index (χ0n) is 15.4. The largest absolute Gasteiger partial charge is 0.363 e. The molecule has 1 aromatic carbocycles. The molecule has 0 aliphatic rings. The normalized spacial score (nSPS) is 11.3. The average Bonchev–Trinajstić information content (AvgIpc) is 2.50. The Bertz CT molecular complexity index is 888. The van der Waals surface area contributed by atoms with Crippen LogP contribution in [0.25, 0.3) is 5.69 Å². The molecule has 26 heavy (non-hydrogen) atoms. The Balaban J connectivity index is 2.30. The monoisotopic (exact) mass is 396 g/mol. The zero-order chi connectivity index (χ0) is 19.6. The van der Waals surface area contributed by atoms with E-state index in [2.05, 4.69) is 10.4 Å². The van der Waals surface area contributed by atoms with Crippen molar-refractivity contribution in [3.63, 3.8) is 0 Å². The molecule has 1 heterocycles. The van der Waals surface area contributed by atoms with Gasteiger partial charge in [0.25, 0.3) is 5.56 Å². The van der Waals surface area contributed by atoms with Gasteiger partial charge in [-0.05, 0) is 45.4 Å². The van der Waals surface area contributed by atoms with Gasteiger partial charge in [-0.25, -0.2) is 0 Å². The number of hydrogen-bond acceptors (Lipinski definition) is 4. The van der Waals surface area contributed by atoms with Gasteiger partial charge < -0.3 is 10.2 Å². The number of likely N-dealkylation sites (N-methyl/N-ethyl adjacent to an activating group) is 1. The molecule has 1 aromatic heterocycles. The molecule has 0 bridgehead atoms. The number of aromatic nitrogens is 2. The van der Waals surface area contributed by atoms with E-state index in [-0.39, 0.29) is 23.0 Å². The molecule has 6 nitrogen and oxygen atoms in total. The van der Waals surface area contributed by atoms with E-state index in [1.54, 1.807) is 30.1 Å². The fourth-order valence-corrected chi connectivity index (χ4v) is 2.79. The van der Waals surface area contributed by atoms with Crippen molar-refractivity contribution in [3.05, 3.63) is 50.4 Å². The summed E-state index contributed by atoms with van der Waals surface area (Å²) in [5.41, 5.74) is 0.985. The lowest BCUT2D eigenvalue weighted by Crippen LogP contribution is -2.45. The number of amides is 1. The molecule has 0 saturated carbocycles. The minimum Gasteiger partial charge on any atom is -0.363 e. The molecule has 0 saturated heterocycles. The summed E-state index contributed by atoms with van der Waals surface area (Å²) in [7, 11) is 1.68. The molecule has 2 aromatic rings. The summed E-state index contributed by atoms with van der Waals surface area (Å²) in [6.07, 6.45) is 1.46. The summed E-state index contributed by atoms with van der Waals surface area (Å²) in [4.78, 5) is 26.3. The maximum absolute atomic E-state index is 12.6. The summed E-state index contributed by atoms with van der Waals surface area (Å²) in [5.74, 6) is -0.175. The molecule has 8 heteroatoms. The van der Waals surface area contributed by atoms with Gasteiger partial charge in [0.05, 0.1) is 24.1 Å². The van der Waals surface area contributed by atoms with Crippen LogP contribution in [0.4, 0.5) is 5.69 Å². The van der Waals surface area contributed by atoms with Crippen LogP contribution in [-0.4, -0.2) is 34.8 Å². The van der Waals surface area contributed by atoms with Crippen LogP contribution in [0.5, 0.6) is 0 Å². The van der Waals surface area contributed by atoms with E-state index < -0.39 is 5.56 Å². The summed E-state index contributed by atoms with van der Waals surface area (Å²) in [6.45, 7) is 7.61. The Labute approximate surface area is 162 Å². The number of nitrogens with zero attached hydrogens (tertiary/aromatic N) is 3. The first-order chi connectivity index (χ1) is 12.0. The van der Waals surface area contributed by atoms with E-state index in [4.69, 9.17) is 23.2 Å². The number of anilines is 1. The van der Waals surface area contributed by atoms with E-state index in [0.29, 0.717) is 16.4 Å². The average molecular weight is 397 g/mol. The van der Waals surface area contributed by atoms with Gasteiger partial charge in [-0.3, -0.25) is 9.59 Å². The van der Waals surface area contributed by atoms with Gasteiger partial charge in [0.1, 0.15) is 5.02 Å². The molecule has 0 atom stereocenters. The van der Waals surface area contributed by atoms with E-state index in [1.165, 1.54) is 10.9 Å². The van der Waals surface area contributed by atoms with Crippen molar-refractivity contribution in [2.24, 2.45) is 0 Å². The van der Waals surface area contributed by atoms with Crippen molar-refractivity contribution in [1.82, 2.24) is 15.1 Å². The number of benzene rings is 1. The van der Waals surface area contributed by atoms with Gasteiger partial charge in [-0.1, -0.05) is 29.3 Å². The molecule has 0 radical (unpaired) electrons. The van der Waals surface area contributed by atoms with E-state index in [9.17, 15) is 9.59 Å². The first kappa shape index (κ1) is 20.3. The lowest BCUT2D eigenvalue weighted by molar-refractivity contribution is -0.121. The highest BCUT2D eigenvalue weighted by atomic mass is 35.5. The second-order valence-corrected chi connectivity index (χ2v) is 7.93. The summed E-state index contributed by atoms with van der Waals surface area (Å²) < 4.78 is 1.18. The number of halogens is 2. The third-order valence-corrected chi connectivity index (χ3v) is 4.37. The zero-order valence-corrected chi connectivity index (χ0v) is 16.9. The maximum atomic E-state index is 12.6. The molecular formula is C18H22Cl2N4O2. The summed E-state index contributed by atoms with van der Waals surface area (Å²) in [5, 5.41) is 7.55. The highest BCUT2D eigenvalue weighted by Gasteiger charge is 2.19. The minimum atomic E-state index is -0.479. The lowest BCUT2D eigenvalue weighted by atomic mass is 10.1. The molecule has 0 unspecified atom stereocenters. The van der Waals surface area contributed by atoms with Gasteiger partial charge in [0.2, 0.25) is 5.91 Å². The van der Waals surface area contributed by atoms with Crippen LogP contribution >= 0.6 is 23.2 Å². The van der Waals surface area contributed by atoms with Crippen LogP contribution in [0, 0.1) is 6.92 Å². The molecule has 0 spiro atoms. The van der Waals surface area contributed by atoms with Gasteiger partial charge in [-0.2, -0.15) is 9.78 Å². The van der Waals surface area contributed by atoms with Crippen molar-refractivity contribution >= 4 is 34.8 Å². The topological polar surface area (TPSA) is 67.2 Å². The molecule has 1 amide bonds. The van der Waals surface area contributed by atoms with Gasteiger partial charge in [0, 0.05) is 17.6 Å². The number of rotatable bonds is 4. The Kier molecular flexibility index (Phi) is 5.98. The third kappa shape index (κ3) is 4.77. The van der Waals surface area contributed by atoms with Crippen molar-refractivity contribution in [2.75, 3.05) is 18.5 Å². The van der Waals surface area contributed by atoms with Crippen molar-refractivity contribution in [2.45, 2.75) is 33.2 Å². The highest BCUT2D eigenvalue weighted by molar-refractivity contribution is 6.33. The number of nitrogens with one attached hydrogen (secondary N) is 1. The Morgan fingerprint density at radius 2 is 1.96 bits per heavy atom. The SMILES string of the molecule is Cc1ccc(-n2ncc(N(C)CC(=O)NC(C)(C)C)c(Cl)c2=O)cc1Cl. The quantitative estimate of drug-likeness (QED) is 0.861. The number of hydrogen-bond donors (Lipinski definition) is 1. The molecule has 0 aliphatic heterocycles. The summed E-state index contributed by atoms with van der Waals surface area (Å²) >= 11 is 12.4. The van der Waals surface area contributed by atoms with Crippen LogP contribution in [0.1, 0.15) is 26.3 Å². The van der Waals surface area contributed by atoms with Crippen LogP contribution in [-0.2, 0) is 4.79 Å². The van der Waals surface area contributed by atoms with Crippen molar-refractivity contribution < 1.29 is 4.79 Å². The fraction of sp³-hybridized carbons (Fsp3) is 0.389. The summed E-state index contributed by atoms with van der Waals surface area (Å²) in [6, 6.07) is 5.20. The van der Waals surface area contributed by atoms with E-state index in [0.717, 1.165) is 5.56 Å². The van der Waals surface area contributed by atoms with Crippen LogP contribution in [0.3, 0.4) is 0 Å². The molecule has 2 rings (SSSR count). The van der Waals surface area contributed by atoms with Crippen molar-refractivity contribution in [1.29, 1.82) is 0 Å². The Morgan fingerprint density at radius 1 is 1.31 bits per heavy atom. The van der Waals surface area contributed by atoms with Crippen LogP contribution < -0.4 is 15.8 Å². The molecule has 140 valence electrons. The number of aryl methyl sites for hydroxylation is 1. The first-order valence-corrected chi connectivity index (χ1v) is 8.81. The van der Waals surface area contributed by atoms with Gasteiger partial charge >= 0.3 is 0 Å². The molecule has 0 aliphatic carbocycles. The lowest BCUT2D eigenvalue weighted by Gasteiger charge is -2.24. The Morgan fingerprint density at radius 3 is 2.54 bits per heavy atom.